The number of aldehydes is 1. The molecule has 4 rings (SSSR count). The van der Waals surface area contributed by atoms with Crippen molar-refractivity contribution in [1.82, 2.24) is 9.97 Å². The molecule has 0 saturated carbocycles. The van der Waals surface area contributed by atoms with Gasteiger partial charge in [-0.15, -0.1) is 9.24 Å². The second kappa shape index (κ2) is 7.49. The number of aromatic nitrogens is 2. The molecular formula is C23H19N2O2P. The highest BCUT2D eigenvalue weighted by atomic mass is 31.0. The fourth-order valence-electron chi connectivity index (χ4n) is 3.32. The smallest absolute Gasteiger partial charge is 0.221 e. The zero-order valence-electron chi connectivity index (χ0n) is 15.6. The summed E-state index contributed by atoms with van der Waals surface area (Å²) in [5.41, 5.74) is 5.80. The number of nitrogens with zero attached hydrogens (tertiary/aromatic N) is 2. The van der Waals surface area contributed by atoms with Gasteiger partial charge in [0.2, 0.25) is 5.88 Å². The zero-order chi connectivity index (χ0) is 19.7. The molecule has 0 bridgehead atoms. The largest absolute Gasteiger partial charge is 0.481 e. The minimum absolute atomic E-state index is 0.529. The van der Waals surface area contributed by atoms with Crippen LogP contribution >= 0.6 is 9.24 Å². The van der Waals surface area contributed by atoms with E-state index in [9.17, 15) is 4.79 Å². The lowest BCUT2D eigenvalue weighted by molar-refractivity contribution is 0.112. The molecule has 0 fully saturated rings. The summed E-state index contributed by atoms with van der Waals surface area (Å²) in [5, 5.41) is 1.84. The summed E-state index contributed by atoms with van der Waals surface area (Å²) in [6.45, 7) is 2.06. The van der Waals surface area contributed by atoms with Crippen molar-refractivity contribution >= 4 is 31.7 Å². The maximum Gasteiger partial charge on any atom is 0.221 e. The summed E-state index contributed by atoms with van der Waals surface area (Å²) in [5.74, 6) is 0.529. The lowest BCUT2D eigenvalue weighted by atomic mass is 10.0. The first-order valence-electron chi connectivity index (χ1n) is 8.87. The van der Waals surface area contributed by atoms with Crippen molar-refractivity contribution in [3.05, 3.63) is 71.8 Å². The standard InChI is InChI=1S/C23H19N2O2P/c1-14-5-3-4-6-17(14)18-8-10-21(25-23(18)27-2)22-11-15(13-26)19-12-16(28)7-9-20(19)24-22/h3-13H,28H2,1-2H3. The number of ether oxygens (including phenoxy) is 1. The molecule has 0 N–H and O–H groups in total. The number of hydrogen-bond acceptors (Lipinski definition) is 4. The number of hydrogen-bond donors (Lipinski definition) is 0. The third kappa shape index (κ3) is 3.28. The van der Waals surface area contributed by atoms with E-state index in [1.54, 1.807) is 13.2 Å². The summed E-state index contributed by atoms with van der Waals surface area (Å²) < 4.78 is 5.57. The van der Waals surface area contributed by atoms with E-state index >= 15 is 0 Å². The first kappa shape index (κ1) is 18.3. The molecule has 0 saturated heterocycles. The van der Waals surface area contributed by atoms with Gasteiger partial charge in [0, 0.05) is 16.5 Å². The van der Waals surface area contributed by atoms with Crippen LogP contribution in [0, 0.1) is 6.92 Å². The summed E-state index contributed by atoms with van der Waals surface area (Å²) >= 11 is 0. The quantitative estimate of drug-likeness (QED) is 0.380. The van der Waals surface area contributed by atoms with Crippen LogP contribution in [-0.4, -0.2) is 23.4 Å². The molecule has 0 spiro atoms. The SMILES string of the molecule is COc1nc(-c2cc(C=O)c3cc(P)ccc3n2)ccc1-c1ccccc1C. The van der Waals surface area contributed by atoms with Crippen LogP contribution in [0.5, 0.6) is 5.88 Å². The number of fused-ring (bicyclic) bond motifs is 1. The Kier molecular flexibility index (Phi) is 4.89. The third-order valence-electron chi connectivity index (χ3n) is 4.74. The van der Waals surface area contributed by atoms with E-state index in [-0.39, 0.29) is 0 Å². The molecule has 138 valence electrons. The normalized spacial score (nSPS) is 10.8. The lowest BCUT2D eigenvalue weighted by Gasteiger charge is -2.12. The molecule has 4 nitrogen and oxygen atoms in total. The molecule has 0 amide bonds. The summed E-state index contributed by atoms with van der Waals surface area (Å²) in [4.78, 5) is 21.0. The van der Waals surface area contributed by atoms with Crippen LogP contribution in [-0.2, 0) is 0 Å². The van der Waals surface area contributed by atoms with Gasteiger partial charge >= 0.3 is 0 Å². The monoisotopic (exact) mass is 386 g/mol. The topological polar surface area (TPSA) is 52.1 Å². The highest BCUT2D eigenvalue weighted by Crippen LogP contribution is 2.33. The van der Waals surface area contributed by atoms with Crippen molar-refractivity contribution < 1.29 is 9.53 Å². The fourth-order valence-corrected chi connectivity index (χ4v) is 3.58. The molecular weight excluding hydrogens is 367 g/mol. The van der Waals surface area contributed by atoms with Gasteiger partial charge in [0.05, 0.1) is 24.0 Å². The molecule has 2 aromatic heterocycles. The van der Waals surface area contributed by atoms with E-state index in [4.69, 9.17) is 9.72 Å². The van der Waals surface area contributed by atoms with Crippen LogP contribution in [0.3, 0.4) is 0 Å². The predicted molar refractivity (Wildman–Crippen MR) is 116 cm³/mol. The molecule has 1 atom stereocenters. The van der Waals surface area contributed by atoms with Gasteiger partial charge in [-0.05, 0) is 53.7 Å². The maximum absolute atomic E-state index is 11.6. The first-order valence-corrected chi connectivity index (χ1v) is 9.45. The Labute approximate surface area is 165 Å². The number of carbonyl (C=O) groups is 1. The van der Waals surface area contributed by atoms with Crippen LogP contribution in [0.25, 0.3) is 33.4 Å². The van der Waals surface area contributed by atoms with Gasteiger partial charge in [0.1, 0.15) is 0 Å². The number of rotatable bonds is 4. The second-order valence-corrected chi connectivity index (χ2v) is 7.23. The van der Waals surface area contributed by atoms with Crippen molar-refractivity contribution in [3.8, 4) is 28.4 Å². The molecule has 4 aromatic rings. The highest BCUT2D eigenvalue weighted by molar-refractivity contribution is 7.27. The molecule has 28 heavy (non-hydrogen) atoms. The van der Waals surface area contributed by atoms with Gasteiger partial charge in [-0.2, -0.15) is 0 Å². The predicted octanol–water partition coefficient (Wildman–Crippen LogP) is 4.59. The van der Waals surface area contributed by atoms with Gasteiger partial charge in [0.15, 0.2) is 6.29 Å². The molecule has 0 aliphatic carbocycles. The summed E-state index contributed by atoms with van der Waals surface area (Å²) in [7, 11) is 4.25. The highest BCUT2D eigenvalue weighted by Gasteiger charge is 2.14. The van der Waals surface area contributed by atoms with Crippen molar-refractivity contribution in [1.29, 1.82) is 0 Å². The summed E-state index contributed by atoms with van der Waals surface area (Å²) in [6, 6.07) is 19.6. The van der Waals surface area contributed by atoms with E-state index in [1.165, 1.54) is 0 Å². The van der Waals surface area contributed by atoms with E-state index in [0.717, 1.165) is 39.2 Å². The molecule has 0 aliphatic rings. The average molecular weight is 386 g/mol. The van der Waals surface area contributed by atoms with Gasteiger partial charge in [-0.25, -0.2) is 9.97 Å². The van der Waals surface area contributed by atoms with Crippen LogP contribution in [0.15, 0.2) is 60.7 Å². The number of carbonyl (C=O) groups excluding carboxylic acids is 1. The van der Waals surface area contributed by atoms with Crippen molar-refractivity contribution in [3.63, 3.8) is 0 Å². The molecule has 5 heteroatoms. The van der Waals surface area contributed by atoms with Gasteiger partial charge in [0.25, 0.3) is 0 Å². The molecule has 1 unspecified atom stereocenters. The van der Waals surface area contributed by atoms with E-state index < -0.39 is 0 Å². The zero-order valence-corrected chi connectivity index (χ0v) is 16.8. The number of methoxy groups -OCH3 is 1. The molecule has 0 aliphatic heterocycles. The summed E-state index contributed by atoms with van der Waals surface area (Å²) in [6.07, 6.45) is 0.858. The minimum Gasteiger partial charge on any atom is -0.481 e. The number of aryl methyl sites for hydroxylation is 1. The van der Waals surface area contributed by atoms with E-state index in [0.29, 0.717) is 22.8 Å². The Morgan fingerprint density at radius 1 is 0.929 bits per heavy atom. The fraction of sp³-hybridized carbons (Fsp3) is 0.0870. The average Bonchev–Trinajstić information content (AvgIpc) is 2.73. The van der Waals surface area contributed by atoms with Crippen LogP contribution in [0.2, 0.25) is 0 Å². The van der Waals surface area contributed by atoms with Gasteiger partial charge in [-0.1, -0.05) is 30.3 Å². The Morgan fingerprint density at radius 3 is 2.50 bits per heavy atom. The lowest BCUT2D eigenvalue weighted by Crippen LogP contribution is -1.99. The Morgan fingerprint density at radius 2 is 1.75 bits per heavy atom. The van der Waals surface area contributed by atoms with Crippen molar-refractivity contribution in [2.75, 3.05) is 7.11 Å². The first-order chi connectivity index (χ1) is 13.6. The minimum atomic E-state index is 0.529. The molecule has 2 heterocycles. The van der Waals surface area contributed by atoms with Crippen molar-refractivity contribution in [2.45, 2.75) is 6.92 Å². The van der Waals surface area contributed by atoms with E-state index in [1.807, 2.05) is 48.5 Å². The Bertz CT molecular complexity index is 1200. The van der Waals surface area contributed by atoms with Crippen LogP contribution in [0.1, 0.15) is 15.9 Å². The van der Waals surface area contributed by atoms with E-state index in [2.05, 4.69) is 27.2 Å². The van der Waals surface area contributed by atoms with Crippen LogP contribution in [0.4, 0.5) is 0 Å². The van der Waals surface area contributed by atoms with Gasteiger partial charge < -0.3 is 4.74 Å². The second-order valence-electron chi connectivity index (χ2n) is 6.56. The van der Waals surface area contributed by atoms with Gasteiger partial charge in [-0.3, -0.25) is 4.79 Å². The number of pyridine rings is 2. The maximum atomic E-state index is 11.6. The van der Waals surface area contributed by atoms with Crippen molar-refractivity contribution in [2.24, 2.45) is 0 Å². The van der Waals surface area contributed by atoms with Crippen LogP contribution < -0.4 is 10.0 Å². The molecule has 0 radical (unpaired) electrons. The Balaban J connectivity index is 1.87. The number of benzene rings is 2. The Hall–Kier alpha value is -3.10. The molecule has 2 aromatic carbocycles. The third-order valence-corrected chi connectivity index (χ3v) is 5.10.